The molecule has 27 heavy (non-hydrogen) atoms. The van der Waals surface area contributed by atoms with Crippen LogP contribution in [-0.2, 0) is 0 Å². The van der Waals surface area contributed by atoms with Crippen molar-refractivity contribution in [1.82, 2.24) is 30.5 Å². The van der Waals surface area contributed by atoms with Crippen molar-refractivity contribution in [2.24, 2.45) is 0 Å². The van der Waals surface area contributed by atoms with Gasteiger partial charge in [0.15, 0.2) is 5.01 Å². The second-order valence-electron chi connectivity index (χ2n) is 6.04. The number of piperidine rings is 1. The molecule has 3 aromatic rings. The van der Waals surface area contributed by atoms with Crippen molar-refractivity contribution in [3.05, 3.63) is 42.9 Å². The average molecular weight is 382 g/mol. The van der Waals surface area contributed by atoms with Gasteiger partial charge in [0, 0.05) is 37.7 Å². The molecule has 1 aliphatic heterocycles. The Balaban J connectivity index is 1.27. The summed E-state index contributed by atoms with van der Waals surface area (Å²) in [6.07, 6.45) is 6.84. The molecule has 2 amide bonds. The van der Waals surface area contributed by atoms with Gasteiger partial charge in [0.25, 0.3) is 0 Å². The topological polar surface area (TPSA) is 109 Å². The summed E-state index contributed by atoms with van der Waals surface area (Å²) in [4.78, 5) is 27.1. The van der Waals surface area contributed by atoms with E-state index in [0.717, 1.165) is 37.6 Å². The molecular formula is C17H18N8OS. The SMILES string of the molecule is O=C(Nc1nnc(-c2ccccn2)s1)NC1CCN(c2ncccn2)CC1. The Bertz CT molecular complexity index is 880. The van der Waals surface area contributed by atoms with Gasteiger partial charge >= 0.3 is 6.03 Å². The lowest BCUT2D eigenvalue weighted by atomic mass is 10.1. The lowest BCUT2D eigenvalue weighted by molar-refractivity contribution is 0.246. The first-order valence-corrected chi connectivity index (χ1v) is 9.44. The van der Waals surface area contributed by atoms with Crippen molar-refractivity contribution in [3.63, 3.8) is 0 Å². The first-order valence-electron chi connectivity index (χ1n) is 8.62. The van der Waals surface area contributed by atoms with E-state index in [9.17, 15) is 4.79 Å². The Labute approximate surface area is 159 Å². The second-order valence-corrected chi connectivity index (χ2v) is 7.01. The second kappa shape index (κ2) is 8.04. The fraction of sp³-hybridized carbons (Fsp3) is 0.294. The van der Waals surface area contributed by atoms with Gasteiger partial charge in [-0.3, -0.25) is 10.3 Å². The molecule has 4 heterocycles. The molecule has 3 aromatic heterocycles. The summed E-state index contributed by atoms with van der Waals surface area (Å²) in [6.45, 7) is 1.61. The molecule has 0 bridgehead atoms. The van der Waals surface area contributed by atoms with Crippen molar-refractivity contribution < 1.29 is 4.79 Å². The van der Waals surface area contributed by atoms with Gasteiger partial charge in [-0.1, -0.05) is 17.4 Å². The molecule has 0 aromatic carbocycles. The van der Waals surface area contributed by atoms with E-state index in [0.29, 0.717) is 10.1 Å². The first-order chi connectivity index (χ1) is 13.3. The van der Waals surface area contributed by atoms with Crippen molar-refractivity contribution in [3.8, 4) is 10.7 Å². The van der Waals surface area contributed by atoms with Gasteiger partial charge in [0.05, 0.1) is 0 Å². The molecule has 0 saturated carbocycles. The number of carbonyl (C=O) groups is 1. The fourth-order valence-corrected chi connectivity index (χ4v) is 3.58. The third-order valence-corrected chi connectivity index (χ3v) is 5.06. The Hall–Kier alpha value is -3.14. The highest BCUT2D eigenvalue weighted by molar-refractivity contribution is 7.18. The van der Waals surface area contributed by atoms with E-state index < -0.39 is 0 Å². The molecule has 0 spiro atoms. The highest BCUT2D eigenvalue weighted by Crippen LogP contribution is 2.24. The number of amides is 2. The molecule has 2 N–H and O–H groups in total. The van der Waals surface area contributed by atoms with Crippen LogP contribution in [0.3, 0.4) is 0 Å². The minimum atomic E-state index is -0.270. The molecule has 0 radical (unpaired) electrons. The quantitative estimate of drug-likeness (QED) is 0.712. The number of urea groups is 1. The largest absolute Gasteiger partial charge is 0.341 e. The smallest absolute Gasteiger partial charge is 0.321 e. The zero-order chi connectivity index (χ0) is 18.5. The van der Waals surface area contributed by atoms with Gasteiger partial charge in [0.2, 0.25) is 11.1 Å². The van der Waals surface area contributed by atoms with Crippen LogP contribution in [0.25, 0.3) is 10.7 Å². The number of aromatic nitrogens is 5. The van der Waals surface area contributed by atoms with Crippen LogP contribution in [0.2, 0.25) is 0 Å². The molecule has 138 valence electrons. The van der Waals surface area contributed by atoms with Crippen LogP contribution in [0.5, 0.6) is 0 Å². The summed E-state index contributed by atoms with van der Waals surface area (Å²) >= 11 is 1.29. The van der Waals surface area contributed by atoms with Crippen LogP contribution in [0.15, 0.2) is 42.9 Å². The number of carbonyl (C=O) groups excluding carboxylic acids is 1. The van der Waals surface area contributed by atoms with Gasteiger partial charge in [0.1, 0.15) is 5.69 Å². The summed E-state index contributed by atoms with van der Waals surface area (Å²) in [5.74, 6) is 0.733. The molecule has 1 aliphatic rings. The molecule has 0 atom stereocenters. The first kappa shape index (κ1) is 17.3. The molecule has 0 unspecified atom stereocenters. The minimum absolute atomic E-state index is 0.105. The molecule has 4 rings (SSSR count). The van der Waals surface area contributed by atoms with E-state index in [-0.39, 0.29) is 12.1 Å². The van der Waals surface area contributed by atoms with E-state index >= 15 is 0 Å². The summed E-state index contributed by atoms with van der Waals surface area (Å²) in [5, 5.41) is 14.9. The molecule has 10 heteroatoms. The third kappa shape index (κ3) is 4.34. The van der Waals surface area contributed by atoms with Crippen LogP contribution >= 0.6 is 11.3 Å². The molecule has 9 nitrogen and oxygen atoms in total. The zero-order valence-corrected chi connectivity index (χ0v) is 15.3. The molecular weight excluding hydrogens is 364 g/mol. The number of nitrogens with zero attached hydrogens (tertiary/aromatic N) is 6. The van der Waals surface area contributed by atoms with Gasteiger partial charge in [-0.05, 0) is 31.0 Å². The number of hydrogen-bond acceptors (Lipinski definition) is 8. The Morgan fingerprint density at radius 1 is 1.04 bits per heavy atom. The van der Waals surface area contributed by atoms with Crippen molar-refractivity contribution in [1.29, 1.82) is 0 Å². The van der Waals surface area contributed by atoms with E-state index in [1.165, 1.54) is 11.3 Å². The van der Waals surface area contributed by atoms with Crippen LogP contribution in [0.1, 0.15) is 12.8 Å². The predicted molar refractivity (Wildman–Crippen MR) is 103 cm³/mol. The summed E-state index contributed by atoms with van der Waals surface area (Å²) in [7, 11) is 0. The Kier molecular flexibility index (Phi) is 5.15. The van der Waals surface area contributed by atoms with Gasteiger partial charge in [-0.2, -0.15) is 0 Å². The van der Waals surface area contributed by atoms with Gasteiger partial charge in [-0.15, -0.1) is 10.2 Å². The molecule has 1 fully saturated rings. The van der Waals surface area contributed by atoms with E-state index in [2.05, 4.69) is 40.7 Å². The Morgan fingerprint density at radius 2 is 1.81 bits per heavy atom. The van der Waals surface area contributed by atoms with E-state index in [1.807, 2.05) is 18.2 Å². The van der Waals surface area contributed by atoms with Crippen LogP contribution in [-0.4, -0.2) is 50.3 Å². The number of pyridine rings is 1. The minimum Gasteiger partial charge on any atom is -0.341 e. The maximum atomic E-state index is 12.2. The normalized spacial score (nSPS) is 14.7. The molecule has 1 saturated heterocycles. The maximum absolute atomic E-state index is 12.2. The average Bonchev–Trinajstić information content (AvgIpc) is 3.18. The highest BCUT2D eigenvalue weighted by atomic mass is 32.1. The highest BCUT2D eigenvalue weighted by Gasteiger charge is 2.22. The molecule has 0 aliphatic carbocycles. The summed E-state index contributed by atoms with van der Waals surface area (Å²) in [5.41, 5.74) is 0.735. The van der Waals surface area contributed by atoms with Gasteiger partial charge < -0.3 is 10.2 Å². The monoisotopic (exact) mass is 382 g/mol. The lowest BCUT2D eigenvalue weighted by Gasteiger charge is -2.32. The van der Waals surface area contributed by atoms with Crippen LogP contribution < -0.4 is 15.5 Å². The van der Waals surface area contributed by atoms with E-state index in [1.54, 1.807) is 24.7 Å². The summed E-state index contributed by atoms with van der Waals surface area (Å²) in [6, 6.07) is 7.22. The van der Waals surface area contributed by atoms with Crippen molar-refractivity contribution in [2.75, 3.05) is 23.3 Å². The standard InChI is InChI=1S/C17H18N8OS/c26-16(22-17-24-23-14(27-17)13-4-1-2-7-18-13)21-12-5-10-25(11-6-12)15-19-8-3-9-20-15/h1-4,7-9,12H,5-6,10-11H2,(H2,21,22,24,26). The van der Waals surface area contributed by atoms with E-state index in [4.69, 9.17) is 0 Å². The fourth-order valence-electron chi connectivity index (χ4n) is 2.86. The number of rotatable bonds is 4. The number of hydrogen-bond donors (Lipinski definition) is 2. The maximum Gasteiger partial charge on any atom is 0.321 e. The lowest BCUT2D eigenvalue weighted by Crippen LogP contribution is -2.46. The van der Waals surface area contributed by atoms with Crippen molar-refractivity contribution in [2.45, 2.75) is 18.9 Å². The van der Waals surface area contributed by atoms with Crippen LogP contribution in [0, 0.1) is 0 Å². The Morgan fingerprint density at radius 3 is 2.56 bits per heavy atom. The summed E-state index contributed by atoms with van der Waals surface area (Å²) < 4.78 is 0. The van der Waals surface area contributed by atoms with Crippen LogP contribution in [0.4, 0.5) is 15.9 Å². The third-order valence-electron chi connectivity index (χ3n) is 4.19. The number of nitrogens with one attached hydrogen (secondary N) is 2. The zero-order valence-electron chi connectivity index (χ0n) is 14.4. The number of anilines is 2. The van der Waals surface area contributed by atoms with Crippen molar-refractivity contribution >= 4 is 28.4 Å². The van der Waals surface area contributed by atoms with Gasteiger partial charge in [-0.25, -0.2) is 14.8 Å². The predicted octanol–water partition coefficient (Wildman–Crippen LogP) is 2.18.